The molecular weight excluding hydrogens is 112 g/mol. The molecule has 0 amide bonds. The third-order valence-electron chi connectivity index (χ3n) is 0.272. The van der Waals surface area contributed by atoms with Gasteiger partial charge >= 0.3 is 0 Å². The van der Waals surface area contributed by atoms with Crippen LogP contribution in [0, 0.1) is 0 Å². The van der Waals surface area contributed by atoms with Crippen LogP contribution in [0.15, 0.2) is 21.6 Å². The first-order valence-corrected chi connectivity index (χ1v) is 3.50. The first-order chi connectivity index (χ1) is 3.00. The van der Waals surface area contributed by atoms with Crippen molar-refractivity contribution in [1.82, 2.24) is 0 Å². The van der Waals surface area contributed by atoms with Crippen LogP contribution in [0.3, 0.4) is 0 Å². The molecule has 0 spiro atoms. The molecule has 32 valence electrons. The number of rotatable bonds is 0. The predicted molar refractivity (Wildman–Crippen MR) is 33.5 cm³/mol. The van der Waals surface area contributed by atoms with Crippen molar-refractivity contribution < 1.29 is 0 Å². The van der Waals surface area contributed by atoms with Crippen molar-refractivity contribution >= 4 is 23.5 Å². The van der Waals surface area contributed by atoms with E-state index >= 15 is 0 Å². The highest BCUT2D eigenvalue weighted by Crippen LogP contribution is 2.18. The maximum atomic E-state index is 2.04. The van der Waals surface area contributed by atoms with Gasteiger partial charge in [0.1, 0.15) is 0 Å². The lowest BCUT2D eigenvalue weighted by Gasteiger charge is -1.18. The van der Waals surface area contributed by atoms with Gasteiger partial charge in [-0.25, -0.2) is 0 Å². The predicted octanol–water partition coefficient (Wildman–Crippen LogP) is 2.41. The molecular formula is C4H4S2. The van der Waals surface area contributed by atoms with Crippen molar-refractivity contribution in [3.63, 3.8) is 0 Å². The average Bonchev–Trinajstić information content (AvgIpc) is 2.31. The monoisotopic (exact) mass is 116 g/mol. The minimum atomic E-state index is 1.75. The Hall–Kier alpha value is 0.180. The van der Waals surface area contributed by atoms with E-state index in [1.54, 1.807) is 23.5 Å². The van der Waals surface area contributed by atoms with E-state index in [4.69, 9.17) is 0 Å². The number of thioether (sulfide) groups is 2. The summed E-state index contributed by atoms with van der Waals surface area (Å²) in [7, 11) is 0. The fourth-order valence-corrected chi connectivity index (χ4v) is 0. The molecule has 0 radical (unpaired) electrons. The molecule has 0 aromatic heterocycles. The zero-order valence-corrected chi connectivity index (χ0v) is 4.76. The second-order valence-corrected chi connectivity index (χ2v) is 2.45. The van der Waals surface area contributed by atoms with Crippen molar-refractivity contribution in [2.75, 3.05) is 0 Å². The van der Waals surface area contributed by atoms with Crippen molar-refractivity contribution in [2.24, 2.45) is 0 Å². The SMILES string of the molecule is C1=CS1.C1=CS1. The van der Waals surface area contributed by atoms with Crippen molar-refractivity contribution in [1.29, 1.82) is 0 Å². The van der Waals surface area contributed by atoms with Gasteiger partial charge in [0.2, 0.25) is 0 Å². The summed E-state index contributed by atoms with van der Waals surface area (Å²) in [5.74, 6) is 0. The van der Waals surface area contributed by atoms with Gasteiger partial charge in [0.25, 0.3) is 0 Å². The fourth-order valence-electron chi connectivity index (χ4n) is 0. The van der Waals surface area contributed by atoms with Gasteiger partial charge in [0.05, 0.1) is 0 Å². The van der Waals surface area contributed by atoms with Gasteiger partial charge in [-0.1, -0.05) is 0 Å². The summed E-state index contributed by atoms with van der Waals surface area (Å²) < 4.78 is 0. The molecule has 6 heavy (non-hydrogen) atoms. The van der Waals surface area contributed by atoms with Crippen LogP contribution in [-0.2, 0) is 0 Å². The molecule has 0 aromatic rings. The molecule has 0 atom stereocenters. The minimum Gasteiger partial charge on any atom is -0.105 e. The third kappa shape index (κ3) is 8.89. The largest absolute Gasteiger partial charge is 0.105 e. The first-order valence-electron chi connectivity index (χ1n) is 1.61. The van der Waals surface area contributed by atoms with E-state index in [0.29, 0.717) is 0 Å². The van der Waals surface area contributed by atoms with E-state index in [2.05, 4.69) is 0 Å². The molecule has 0 unspecified atom stereocenters. The molecule has 0 saturated heterocycles. The second-order valence-electron chi connectivity index (χ2n) is 0.816. The quantitative estimate of drug-likeness (QED) is 0.476. The Balaban J connectivity index is 0.0000000600. The van der Waals surface area contributed by atoms with E-state index in [1.807, 2.05) is 21.6 Å². The molecule has 2 rings (SSSR count). The van der Waals surface area contributed by atoms with Crippen molar-refractivity contribution in [2.45, 2.75) is 0 Å². The second kappa shape index (κ2) is 2.37. The van der Waals surface area contributed by atoms with Crippen LogP contribution in [0.4, 0.5) is 0 Å². The Morgan fingerprint density at radius 1 is 0.667 bits per heavy atom. The third-order valence-corrected chi connectivity index (χ3v) is 0.816. The highest BCUT2D eigenvalue weighted by molar-refractivity contribution is 8.11. The van der Waals surface area contributed by atoms with Crippen LogP contribution in [0.25, 0.3) is 0 Å². The summed E-state index contributed by atoms with van der Waals surface area (Å²) in [6.07, 6.45) is 0. The van der Waals surface area contributed by atoms with Crippen LogP contribution in [0.5, 0.6) is 0 Å². The van der Waals surface area contributed by atoms with Gasteiger partial charge in [-0.3, -0.25) is 0 Å². The normalized spacial score (nSPS) is 18.7. The summed E-state index contributed by atoms with van der Waals surface area (Å²) in [5, 5.41) is 8.17. The Bertz CT molecular complexity index is 63.5. The van der Waals surface area contributed by atoms with Crippen molar-refractivity contribution in [3.05, 3.63) is 21.6 Å². The summed E-state index contributed by atoms with van der Waals surface area (Å²) >= 11 is 3.50. The van der Waals surface area contributed by atoms with E-state index in [0.717, 1.165) is 0 Å². The van der Waals surface area contributed by atoms with Gasteiger partial charge in [0, 0.05) is 0 Å². The van der Waals surface area contributed by atoms with E-state index in [-0.39, 0.29) is 0 Å². The Kier molecular flexibility index (Phi) is 1.71. The summed E-state index contributed by atoms with van der Waals surface area (Å²) in [6, 6.07) is 0. The lowest BCUT2D eigenvalue weighted by molar-refractivity contribution is 2.81. The molecule has 0 bridgehead atoms. The maximum Gasteiger partial charge on any atom is -0.0181 e. The van der Waals surface area contributed by atoms with E-state index in [1.165, 1.54) is 0 Å². The Morgan fingerprint density at radius 2 is 0.833 bits per heavy atom. The molecule has 0 saturated carbocycles. The van der Waals surface area contributed by atoms with Crippen LogP contribution >= 0.6 is 23.5 Å². The van der Waals surface area contributed by atoms with Crippen LogP contribution in [-0.4, -0.2) is 0 Å². The maximum absolute atomic E-state index is 2.04. The molecule has 2 aliphatic rings. The Morgan fingerprint density at radius 3 is 0.833 bits per heavy atom. The highest BCUT2D eigenvalue weighted by atomic mass is 32.2. The van der Waals surface area contributed by atoms with Gasteiger partial charge in [-0.2, -0.15) is 0 Å². The molecule has 0 aliphatic carbocycles. The lowest BCUT2D eigenvalue weighted by atomic mass is 11.3. The summed E-state index contributed by atoms with van der Waals surface area (Å²) in [4.78, 5) is 0. The molecule has 0 nitrogen and oxygen atoms in total. The lowest BCUT2D eigenvalue weighted by Crippen LogP contribution is -0.663. The minimum absolute atomic E-state index is 1.75. The molecule has 2 heterocycles. The van der Waals surface area contributed by atoms with Crippen LogP contribution in [0.2, 0.25) is 0 Å². The number of hydrogen-bond acceptors (Lipinski definition) is 2. The van der Waals surface area contributed by atoms with Gasteiger partial charge in [-0.05, 0) is 21.6 Å². The van der Waals surface area contributed by atoms with Crippen LogP contribution < -0.4 is 0 Å². The standard InChI is InChI=1S/2C2H2S/c2*1-2-3-1/h2*1-2H. The molecule has 0 fully saturated rings. The average molecular weight is 116 g/mol. The molecule has 2 aliphatic heterocycles. The summed E-state index contributed by atoms with van der Waals surface area (Å²) in [5.41, 5.74) is 0. The van der Waals surface area contributed by atoms with Gasteiger partial charge < -0.3 is 0 Å². The molecule has 0 aromatic carbocycles. The van der Waals surface area contributed by atoms with E-state index < -0.39 is 0 Å². The van der Waals surface area contributed by atoms with Gasteiger partial charge in [0.15, 0.2) is 0 Å². The zero-order valence-electron chi connectivity index (χ0n) is 3.13. The van der Waals surface area contributed by atoms with Crippen molar-refractivity contribution in [3.8, 4) is 0 Å². The smallest absolute Gasteiger partial charge is 0.0181 e. The van der Waals surface area contributed by atoms with Crippen LogP contribution in [0.1, 0.15) is 0 Å². The van der Waals surface area contributed by atoms with E-state index in [9.17, 15) is 0 Å². The Labute approximate surface area is 45.7 Å². The fraction of sp³-hybridized carbons (Fsp3) is 0. The molecule has 0 N–H and O–H groups in total. The topological polar surface area (TPSA) is 0 Å². The number of hydrogen-bond donors (Lipinski definition) is 0. The van der Waals surface area contributed by atoms with Gasteiger partial charge in [-0.15, -0.1) is 23.5 Å². The highest BCUT2D eigenvalue weighted by Gasteiger charge is 1.76. The first kappa shape index (κ1) is 4.34. The summed E-state index contributed by atoms with van der Waals surface area (Å²) in [6.45, 7) is 0. The zero-order chi connectivity index (χ0) is 4.24. The molecule has 2 heteroatoms.